The first-order valence-corrected chi connectivity index (χ1v) is 12.1. The van der Waals surface area contributed by atoms with Gasteiger partial charge in [0, 0.05) is 25.2 Å². The summed E-state index contributed by atoms with van der Waals surface area (Å²) in [6.45, 7) is 2.22. The van der Waals surface area contributed by atoms with Crippen LogP contribution in [0.15, 0.2) is 72.8 Å². The fourth-order valence-corrected chi connectivity index (χ4v) is 4.69. The SMILES string of the molecule is COc1cccc(CN(Cc2ccc(OCc3ccccc3)c(OC)c2)C2CCC(N)CC2)c1. The number of methoxy groups -OCH3 is 2. The summed E-state index contributed by atoms with van der Waals surface area (Å²) >= 11 is 0. The Morgan fingerprint density at radius 2 is 1.44 bits per heavy atom. The zero-order valence-corrected chi connectivity index (χ0v) is 20.3. The summed E-state index contributed by atoms with van der Waals surface area (Å²) in [5.41, 5.74) is 9.80. The van der Waals surface area contributed by atoms with Gasteiger partial charge in [0.25, 0.3) is 0 Å². The van der Waals surface area contributed by atoms with Crippen molar-refractivity contribution in [2.75, 3.05) is 14.2 Å². The number of nitrogens with zero attached hydrogens (tertiary/aromatic N) is 1. The topological polar surface area (TPSA) is 57.0 Å². The van der Waals surface area contributed by atoms with Crippen LogP contribution in [0.3, 0.4) is 0 Å². The molecule has 0 aromatic heterocycles. The van der Waals surface area contributed by atoms with Crippen molar-refractivity contribution >= 4 is 0 Å². The lowest BCUT2D eigenvalue weighted by Gasteiger charge is -2.36. The van der Waals surface area contributed by atoms with Crippen LogP contribution >= 0.6 is 0 Å². The van der Waals surface area contributed by atoms with Crippen LogP contribution in [0.2, 0.25) is 0 Å². The maximum atomic E-state index is 6.20. The third kappa shape index (κ3) is 6.52. The zero-order chi connectivity index (χ0) is 23.8. The number of hydrogen-bond acceptors (Lipinski definition) is 5. The molecule has 1 aliphatic rings. The maximum Gasteiger partial charge on any atom is 0.161 e. The van der Waals surface area contributed by atoms with Crippen LogP contribution in [-0.2, 0) is 19.7 Å². The molecule has 0 radical (unpaired) electrons. The monoisotopic (exact) mass is 460 g/mol. The molecule has 1 fully saturated rings. The average Bonchev–Trinajstić information content (AvgIpc) is 2.88. The van der Waals surface area contributed by atoms with Crippen LogP contribution in [0.25, 0.3) is 0 Å². The minimum absolute atomic E-state index is 0.330. The van der Waals surface area contributed by atoms with E-state index in [0.717, 1.165) is 61.6 Å². The Labute approximate surface area is 203 Å². The van der Waals surface area contributed by atoms with E-state index in [-0.39, 0.29) is 0 Å². The summed E-state index contributed by atoms with van der Waals surface area (Å²) in [5, 5.41) is 0. The summed E-state index contributed by atoms with van der Waals surface area (Å²) in [5.74, 6) is 2.42. The quantitative estimate of drug-likeness (QED) is 0.430. The van der Waals surface area contributed by atoms with Gasteiger partial charge in [-0.2, -0.15) is 0 Å². The predicted octanol–water partition coefficient (Wildman–Crippen LogP) is 5.55. The van der Waals surface area contributed by atoms with Crippen molar-refractivity contribution < 1.29 is 14.2 Å². The molecular weight excluding hydrogens is 424 g/mol. The van der Waals surface area contributed by atoms with E-state index in [4.69, 9.17) is 19.9 Å². The Morgan fingerprint density at radius 1 is 0.735 bits per heavy atom. The van der Waals surface area contributed by atoms with Crippen molar-refractivity contribution in [2.45, 2.75) is 57.5 Å². The molecule has 5 nitrogen and oxygen atoms in total. The van der Waals surface area contributed by atoms with E-state index in [1.807, 2.05) is 30.3 Å². The van der Waals surface area contributed by atoms with Crippen LogP contribution in [0.1, 0.15) is 42.4 Å². The second-order valence-electron chi connectivity index (χ2n) is 9.08. The van der Waals surface area contributed by atoms with Gasteiger partial charge >= 0.3 is 0 Å². The van der Waals surface area contributed by atoms with Gasteiger partial charge in [-0.3, -0.25) is 4.90 Å². The second kappa shape index (κ2) is 11.9. The van der Waals surface area contributed by atoms with Gasteiger partial charge < -0.3 is 19.9 Å². The molecule has 0 bridgehead atoms. The lowest BCUT2D eigenvalue weighted by atomic mass is 9.90. The number of rotatable bonds is 10. The van der Waals surface area contributed by atoms with E-state index in [1.54, 1.807) is 14.2 Å². The van der Waals surface area contributed by atoms with Gasteiger partial charge in [0.2, 0.25) is 0 Å². The van der Waals surface area contributed by atoms with Gasteiger partial charge in [-0.15, -0.1) is 0 Å². The lowest BCUT2D eigenvalue weighted by molar-refractivity contribution is 0.134. The molecule has 0 heterocycles. The molecule has 0 unspecified atom stereocenters. The standard InChI is InChI=1S/C29H36N2O3/c1-32-27-10-6-9-23(17-27)19-31(26-14-12-25(30)13-15-26)20-24-11-16-28(29(18-24)33-2)34-21-22-7-4-3-5-8-22/h3-11,16-18,25-26H,12-15,19-21,30H2,1-2H3. The van der Waals surface area contributed by atoms with Gasteiger partial charge in [0.1, 0.15) is 12.4 Å². The molecule has 180 valence electrons. The molecule has 0 saturated heterocycles. The van der Waals surface area contributed by atoms with Gasteiger partial charge in [-0.1, -0.05) is 48.5 Å². The van der Waals surface area contributed by atoms with Crippen molar-refractivity contribution in [2.24, 2.45) is 5.73 Å². The Morgan fingerprint density at radius 3 is 2.15 bits per heavy atom. The molecule has 1 aliphatic carbocycles. The fraction of sp³-hybridized carbons (Fsp3) is 0.379. The fourth-order valence-electron chi connectivity index (χ4n) is 4.69. The summed E-state index contributed by atoms with van der Waals surface area (Å²) in [4.78, 5) is 2.57. The van der Waals surface area contributed by atoms with Crippen molar-refractivity contribution in [3.8, 4) is 17.2 Å². The molecule has 0 spiro atoms. The molecule has 0 amide bonds. The van der Waals surface area contributed by atoms with Crippen molar-refractivity contribution in [3.63, 3.8) is 0 Å². The maximum absolute atomic E-state index is 6.20. The Balaban J connectivity index is 1.50. The van der Waals surface area contributed by atoms with Gasteiger partial charge in [0.05, 0.1) is 14.2 Å². The van der Waals surface area contributed by atoms with Crippen LogP contribution < -0.4 is 19.9 Å². The van der Waals surface area contributed by atoms with Crippen molar-refractivity contribution in [1.82, 2.24) is 4.90 Å². The molecule has 0 aliphatic heterocycles. The van der Waals surface area contributed by atoms with Gasteiger partial charge in [-0.05, 0) is 66.6 Å². The molecule has 0 atom stereocenters. The van der Waals surface area contributed by atoms with Gasteiger partial charge in [0.15, 0.2) is 11.5 Å². The minimum Gasteiger partial charge on any atom is -0.497 e. The molecule has 34 heavy (non-hydrogen) atoms. The third-order valence-electron chi connectivity index (χ3n) is 6.63. The largest absolute Gasteiger partial charge is 0.497 e. The van der Waals surface area contributed by atoms with Crippen LogP contribution in [-0.4, -0.2) is 31.2 Å². The number of ether oxygens (including phenoxy) is 3. The Hall–Kier alpha value is -3.02. The summed E-state index contributed by atoms with van der Waals surface area (Å²) in [6, 6.07) is 25.6. The summed E-state index contributed by atoms with van der Waals surface area (Å²) < 4.78 is 17.2. The normalized spacial score (nSPS) is 18.0. The Kier molecular flexibility index (Phi) is 8.45. The highest BCUT2D eigenvalue weighted by Gasteiger charge is 2.25. The third-order valence-corrected chi connectivity index (χ3v) is 6.63. The zero-order valence-electron chi connectivity index (χ0n) is 20.3. The van der Waals surface area contributed by atoms with Crippen LogP contribution in [0.4, 0.5) is 0 Å². The number of benzene rings is 3. The number of hydrogen-bond donors (Lipinski definition) is 1. The second-order valence-corrected chi connectivity index (χ2v) is 9.08. The Bertz CT molecular complexity index is 1030. The molecule has 2 N–H and O–H groups in total. The smallest absolute Gasteiger partial charge is 0.161 e. The van der Waals surface area contributed by atoms with Crippen molar-refractivity contribution in [3.05, 3.63) is 89.5 Å². The molecular formula is C29H36N2O3. The summed E-state index contributed by atoms with van der Waals surface area (Å²) in [7, 11) is 3.41. The van der Waals surface area contributed by atoms with E-state index < -0.39 is 0 Å². The first kappa shape index (κ1) is 24.1. The van der Waals surface area contributed by atoms with Crippen molar-refractivity contribution in [1.29, 1.82) is 0 Å². The van der Waals surface area contributed by atoms with E-state index in [1.165, 1.54) is 11.1 Å². The van der Waals surface area contributed by atoms with E-state index >= 15 is 0 Å². The summed E-state index contributed by atoms with van der Waals surface area (Å²) in [6.07, 6.45) is 4.41. The highest BCUT2D eigenvalue weighted by Crippen LogP contribution is 2.31. The molecule has 3 aromatic carbocycles. The lowest BCUT2D eigenvalue weighted by Crippen LogP contribution is -2.40. The molecule has 4 rings (SSSR count). The molecule has 1 saturated carbocycles. The molecule has 3 aromatic rings. The predicted molar refractivity (Wildman–Crippen MR) is 136 cm³/mol. The van der Waals surface area contributed by atoms with Gasteiger partial charge in [-0.25, -0.2) is 0 Å². The number of nitrogens with two attached hydrogens (primary N) is 1. The first-order valence-electron chi connectivity index (χ1n) is 12.1. The van der Waals surface area contributed by atoms with E-state index in [9.17, 15) is 0 Å². The van der Waals surface area contributed by atoms with Crippen LogP contribution in [0.5, 0.6) is 17.2 Å². The molecule has 5 heteroatoms. The van der Waals surface area contributed by atoms with Crippen LogP contribution in [0, 0.1) is 0 Å². The van der Waals surface area contributed by atoms with E-state index in [0.29, 0.717) is 18.7 Å². The minimum atomic E-state index is 0.330. The highest BCUT2D eigenvalue weighted by molar-refractivity contribution is 5.43. The highest BCUT2D eigenvalue weighted by atomic mass is 16.5. The van der Waals surface area contributed by atoms with E-state index in [2.05, 4.69) is 47.4 Å². The average molecular weight is 461 g/mol. The first-order chi connectivity index (χ1) is 16.6.